The number of nitrogens with one attached hydrogen (secondary N) is 4. The van der Waals surface area contributed by atoms with Crippen LogP contribution in [-0.2, 0) is 45.0 Å². The number of imide groups is 2. The fourth-order valence-electron chi connectivity index (χ4n) is 18.6. The van der Waals surface area contributed by atoms with E-state index >= 15 is 79.0 Å². The summed E-state index contributed by atoms with van der Waals surface area (Å²) in [4.78, 5) is 118. The molecule has 4 aliphatic carbocycles. The number of hydrogen-bond donors (Lipinski definition) is 4. The monoisotopic (exact) mass is 1960 g/mol. The zero-order valence-corrected chi connectivity index (χ0v) is 74.0. The molecule has 15 rings (SSSR count). The summed E-state index contributed by atoms with van der Waals surface area (Å²) in [6, 6.07) is 24.1. The molecule has 8 atom stereocenters. The number of benzene rings is 9. The molecule has 2 aliphatic heterocycles. The van der Waals surface area contributed by atoms with Crippen LogP contribution < -0.4 is 63.7 Å². The highest BCUT2D eigenvalue weighted by molar-refractivity contribution is 6.25. The molecule has 141 heavy (non-hydrogen) atoms. The summed E-state index contributed by atoms with van der Waals surface area (Å²) in [6.45, 7) is 8.60. The Kier molecular flexibility index (Phi) is 28.9. The van der Waals surface area contributed by atoms with Crippen LogP contribution in [0.5, 0.6) is 46.0 Å². The SMILES string of the molecule is CCC(=O)OC(C)(C)C.[B]Oc1ccc(C(c2ccc(O[B])c(N3C(=O)C4C5C=CC(C5)C4C3=O)c2)(C(F)(F)F)C(F)(F)F)cc1NC(=O)c1cccc(C(C)=O)c1.[B]Oc1ccc(C(c2ccc(O[B])c(NC(=O)c3ccc(Oc4ccc(C(=O)Nc5cc(C(c6ccc(O[B])c(N7C(=O)C8C9C=CC(C9)C8C7=O)c6)(C(F)(F)F)C(F)(F)F)ccc5O[B])cc4)cc3)c2)(C(F)(F)F)C(F)(F)F)cc1NC. The van der Waals surface area contributed by atoms with Gasteiger partial charge in [-0.25, -0.2) is 9.80 Å². The maximum absolute atomic E-state index is 15.6. The Morgan fingerprint density at radius 2 is 0.610 bits per heavy atom. The van der Waals surface area contributed by atoms with E-state index in [1.165, 1.54) is 62.5 Å². The third kappa shape index (κ3) is 19.0. The van der Waals surface area contributed by atoms with Gasteiger partial charge < -0.3 is 58.7 Å². The Hall–Kier alpha value is -14.2. The normalized spacial score (nSPS) is 18.8. The molecule has 4 fully saturated rings. The number of ketones is 1. The van der Waals surface area contributed by atoms with Gasteiger partial charge in [-0.15, -0.1) is 0 Å². The predicted octanol–water partition coefficient (Wildman–Crippen LogP) is 18.5. The fraction of sp³-hybridized carbons (Fsp3) is 0.287. The number of fused-ring (bicyclic) bond motifs is 10. The van der Waals surface area contributed by atoms with E-state index in [-0.39, 0.29) is 80.4 Å². The molecule has 47 heteroatoms. The molecule has 722 valence electrons. The molecule has 9 aromatic carbocycles. The second-order valence-corrected chi connectivity index (χ2v) is 34.0. The number of amides is 7. The smallest absolute Gasteiger partial charge is 0.411 e. The lowest BCUT2D eigenvalue weighted by Crippen LogP contribution is -2.55. The molecular formula is C94H70B6F18N6O17. The molecule has 0 spiro atoms. The van der Waals surface area contributed by atoms with E-state index in [1.54, 1.807) is 31.2 Å². The zero-order valence-electron chi connectivity index (χ0n) is 74.0. The Bertz CT molecular complexity index is 6370. The highest BCUT2D eigenvalue weighted by Crippen LogP contribution is 2.64. The van der Waals surface area contributed by atoms with E-state index in [0.29, 0.717) is 132 Å². The summed E-state index contributed by atoms with van der Waals surface area (Å²) in [7, 11) is 32.9. The van der Waals surface area contributed by atoms with Crippen molar-refractivity contribution in [3.8, 4) is 46.0 Å². The molecule has 4 N–H and O–H groups in total. The summed E-state index contributed by atoms with van der Waals surface area (Å²) >= 11 is 0. The van der Waals surface area contributed by atoms with Gasteiger partial charge in [-0.2, -0.15) is 79.0 Å². The molecule has 9 aromatic rings. The maximum atomic E-state index is 15.6. The van der Waals surface area contributed by atoms with E-state index in [0.717, 1.165) is 30.3 Å². The molecular weight excluding hydrogens is 1890 g/mol. The van der Waals surface area contributed by atoms with Gasteiger partial charge in [-0.3, -0.25) is 43.2 Å². The maximum Gasteiger partial charge on any atom is 0.411 e. The third-order valence-electron chi connectivity index (χ3n) is 24.9. The molecule has 2 heterocycles. The average Bonchev–Trinajstić information content (AvgIpc) is 1.60. The summed E-state index contributed by atoms with van der Waals surface area (Å²) in [5, 5.41) is 9.02. The number of rotatable bonds is 25. The number of halogens is 18. The number of alkyl halides is 18. The fourth-order valence-corrected chi connectivity index (χ4v) is 18.6. The number of hydrogen-bond acceptors (Lipinski definition) is 18. The van der Waals surface area contributed by atoms with Crippen molar-refractivity contribution in [2.24, 2.45) is 47.3 Å². The van der Waals surface area contributed by atoms with Crippen LogP contribution in [0.25, 0.3) is 0 Å². The minimum absolute atomic E-state index is 0.00764. The third-order valence-corrected chi connectivity index (χ3v) is 24.9. The minimum Gasteiger partial charge on any atom is -0.566 e. The highest BCUT2D eigenvalue weighted by Gasteiger charge is 2.76. The Labute approximate surface area is 797 Å². The van der Waals surface area contributed by atoms with Gasteiger partial charge >= 0.3 is 91.3 Å². The first kappa shape index (κ1) is 104. The topological polar surface area (TPSA) is 282 Å². The van der Waals surface area contributed by atoms with Crippen LogP contribution in [0.4, 0.5) is 113 Å². The number of ether oxygens (including phenoxy) is 2. The molecule has 12 radical (unpaired) electrons. The van der Waals surface area contributed by atoms with E-state index in [2.05, 4.69) is 35.2 Å². The number of nitrogens with zero attached hydrogens (tertiary/aromatic N) is 2. The van der Waals surface area contributed by atoms with Crippen molar-refractivity contribution >= 4 is 136 Å². The molecule has 4 bridgehead atoms. The van der Waals surface area contributed by atoms with Gasteiger partial charge in [0.2, 0.25) is 39.9 Å². The van der Waals surface area contributed by atoms with Crippen LogP contribution in [0, 0.1) is 47.3 Å². The molecule has 0 aromatic heterocycles. The average molecular weight is 1960 g/mol. The van der Waals surface area contributed by atoms with Crippen LogP contribution >= 0.6 is 0 Å². The standard InChI is InChI=1S/C54H34B4F12N4O9.C33H22B2F6N2O6.C7H14O2/c1-71-35-21-29(8-16-39(35)80-55)49(51(59,60)61,52(62,63)64)30-9-17-40(81-56)36(22-30)72-45(75)25-4-12-33(13-5-25)79-34-14-6-26(7-15-34)46(76)73-37-23-31(10-18-41(37)82-57)50(53(65,66)67,54(68,69)70)32-11-19-42(83-58)38(24-32)74-47(77)43-27-2-3-28(20-27)44(43)48(74)78;1-15(44)16-3-2-4-19(11-16)28(45)42-22-13-20(7-9-24(22)48-34)31(32(36,37)38,33(39,40)41)21-8-10-25(49-35)23(14-21)43-29(46)26-17-5-6-18(12-17)27(26)30(43)47;1-5-6(8)9-7(2,3)4/h2-19,21-24,27-28,43-44,71H,20H2,1H3,(H,72,75)(H,73,76);2-11,13-14,17-18,26-27H,12H2,1H3,(H,42,45);5H2,1-4H3. The minimum atomic E-state index is -6.23. The summed E-state index contributed by atoms with van der Waals surface area (Å²) in [5.41, 5.74) is -27.8. The van der Waals surface area contributed by atoms with Gasteiger partial charge in [0.15, 0.2) is 5.78 Å². The summed E-state index contributed by atoms with van der Waals surface area (Å²) < 4.78 is 314. The van der Waals surface area contributed by atoms with Gasteiger partial charge in [0.05, 0.1) is 57.8 Å². The van der Waals surface area contributed by atoms with Gasteiger partial charge in [-0.05, 0) is 231 Å². The van der Waals surface area contributed by atoms with Crippen LogP contribution in [0.2, 0.25) is 0 Å². The lowest BCUT2D eigenvalue weighted by atomic mass is 9.72. The van der Waals surface area contributed by atoms with Gasteiger partial charge in [-0.1, -0.05) is 79.8 Å². The molecule has 2 saturated carbocycles. The Morgan fingerprint density at radius 1 is 0.348 bits per heavy atom. The predicted molar refractivity (Wildman–Crippen MR) is 475 cm³/mol. The first-order chi connectivity index (χ1) is 66.1. The second kappa shape index (κ2) is 39.1. The van der Waals surface area contributed by atoms with Crippen molar-refractivity contribution in [2.45, 2.75) is 113 Å². The number of anilines is 6. The molecule has 6 aliphatic rings. The molecule has 2 saturated heterocycles. The van der Waals surface area contributed by atoms with Crippen molar-refractivity contribution in [2.75, 3.05) is 38.1 Å². The van der Waals surface area contributed by atoms with E-state index in [1.807, 2.05) is 20.8 Å². The van der Waals surface area contributed by atoms with Crippen LogP contribution in [0.3, 0.4) is 0 Å². The number of carbonyl (C=O) groups is 9. The first-order valence-corrected chi connectivity index (χ1v) is 42.0. The van der Waals surface area contributed by atoms with Crippen molar-refractivity contribution < 1.29 is 160 Å². The van der Waals surface area contributed by atoms with Crippen LogP contribution in [0.15, 0.2) is 206 Å². The van der Waals surface area contributed by atoms with Gasteiger partial charge in [0.1, 0.15) is 51.6 Å². The van der Waals surface area contributed by atoms with Gasteiger partial charge in [0, 0.05) is 35.7 Å². The van der Waals surface area contributed by atoms with Crippen LogP contribution in [-0.4, -0.2) is 151 Å². The summed E-state index contributed by atoms with van der Waals surface area (Å²) in [6.07, 6.45) is -28.4. The highest BCUT2D eigenvalue weighted by atomic mass is 19.4. The lowest BCUT2D eigenvalue weighted by molar-refractivity contribution is -0.290. The lowest BCUT2D eigenvalue weighted by Gasteiger charge is -2.39. The Balaban J connectivity index is 0.000000242. The van der Waals surface area contributed by atoms with Crippen molar-refractivity contribution in [3.05, 3.63) is 262 Å². The van der Waals surface area contributed by atoms with Crippen molar-refractivity contribution in [3.63, 3.8) is 0 Å². The molecule has 8 unspecified atom stereocenters. The number of Topliss-reactive ketones (excluding diaryl/α,β-unsaturated/α-hetero) is 1. The number of esters is 1. The van der Waals surface area contributed by atoms with Crippen molar-refractivity contribution in [1.29, 1.82) is 0 Å². The van der Waals surface area contributed by atoms with E-state index in [9.17, 15) is 43.2 Å². The largest absolute Gasteiger partial charge is 0.566 e. The second-order valence-electron chi connectivity index (χ2n) is 34.0. The van der Waals surface area contributed by atoms with Gasteiger partial charge in [0.25, 0.3) is 17.7 Å². The summed E-state index contributed by atoms with van der Waals surface area (Å²) in [5.74, 6) is -14.9. The Morgan fingerprint density at radius 3 is 0.865 bits per heavy atom. The molecule has 7 amide bonds. The van der Waals surface area contributed by atoms with E-state index in [4.69, 9.17) is 71.7 Å². The number of carbonyl (C=O) groups excluding carboxylic acids is 9. The van der Waals surface area contributed by atoms with Crippen molar-refractivity contribution in [1.82, 2.24) is 0 Å². The van der Waals surface area contributed by atoms with E-state index < -0.39 is 215 Å². The molecule has 23 nitrogen and oxygen atoms in total. The van der Waals surface area contributed by atoms with Crippen LogP contribution in [0.1, 0.15) is 129 Å². The first-order valence-electron chi connectivity index (χ1n) is 42.0. The quantitative estimate of drug-likeness (QED) is 0.0103. The number of allylic oxidation sites excluding steroid dienone is 4. The zero-order chi connectivity index (χ0) is 103.